The Morgan fingerprint density at radius 2 is 1.74 bits per heavy atom. The number of allylic oxidation sites excluding steroid dienone is 1. The zero-order valence-electron chi connectivity index (χ0n) is 19.6. The van der Waals surface area contributed by atoms with E-state index in [-0.39, 0.29) is 24.0 Å². The smallest absolute Gasteiger partial charge is 0.234 e. The number of hydrogen-bond acceptors (Lipinski definition) is 6. The lowest BCUT2D eigenvalue weighted by Gasteiger charge is -2.10. The van der Waals surface area contributed by atoms with E-state index in [9.17, 15) is 9.59 Å². The van der Waals surface area contributed by atoms with Crippen molar-refractivity contribution >= 4 is 35.0 Å². The Labute approximate surface area is 203 Å². The van der Waals surface area contributed by atoms with Gasteiger partial charge in [-0.3, -0.25) is 9.59 Å². The third-order valence-electron chi connectivity index (χ3n) is 5.00. The summed E-state index contributed by atoms with van der Waals surface area (Å²) in [7, 11) is 0. The fourth-order valence-corrected chi connectivity index (χ4v) is 3.93. The van der Waals surface area contributed by atoms with Gasteiger partial charge in [-0.15, -0.1) is 16.8 Å². The number of aryl methyl sites for hydroxylation is 2. The molecule has 0 radical (unpaired) electrons. The molecule has 0 unspecified atom stereocenters. The number of nitrogens with zero attached hydrogens (tertiary/aromatic N) is 3. The lowest BCUT2D eigenvalue weighted by atomic mass is 10.1. The molecule has 0 bridgehead atoms. The van der Waals surface area contributed by atoms with Crippen LogP contribution in [0.1, 0.15) is 23.9 Å². The fourth-order valence-electron chi connectivity index (χ4n) is 3.17. The number of carbonyl (C=O) groups excluding carboxylic acids is 2. The number of anilines is 2. The average Bonchev–Trinajstić information content (AvgIpc) is 3.17. The molecule has 3 rings (SSSR count). The van der Waals surface area contributed by atoms with E-state index in [2.05, 4.69) is 27.4 Å². The van der Waals surface area contributed by atoms with E-state index in [4.69, 9.17) is 4.74 Å². The van der Waals surface area contributed by atoms with Crippen LogP contribution < -0.4 is 15.4 Å². The lowest BCUT2D eigenvalue weighted by Crippen LogP contribution is -2.18. The van der Waals surface area contributed by atoms with E-state index >= 15 is 0 Å². The van der Waals surface area contributed by atoms with Crippen LogP contribution in [0.5, 0.6) is 5.75 Å². The molecule has 0 aliphatic rings. The standard InChI is InChI=1S/C25H29N5O3S/c1-5-13-30-22(15-23(31)27-20-8-7-17(3)18(4)14-20)28-29-25(30)34-16-24(32)26-19-9-11-21(12-10-19)33-6-2/h5,7-12,14H,1,6,13,15-16H2,2-4H3,(H,26,32)(H,27,31). The molecule has 0 spiro atoms. The first-order valence-corrected chi connectivity index (χ1v) is 11.9. The summed E-state index contributed by atoms with van der Waals surface area (Å²) in [6.45, 7) is 10.7. The molecule has 0 saturated carbocycles. The topological polar surface area (TPSA) is 98.1 Å². The second-order valence-corrected chi connectivity index (χ2v) is 8.56. The summed E-state index contributed by atoms with van der Waals surface area (Å²) in [6, 6.07) is 13.0. The van der Waals surface area contributed by atoms with E-state index in [0.29, 0.717) is 29.8 Å². The van der Waals surface area contributed by atoms with Crippen LogP contribution in [-0.4, -0.2) is 38.9 Å². The molecule has 178 valence electrons. The van der Waals surface area contributed by atoms with Gasteiger partial charge < -0.3 is 19.9 Å². The summed E-state index contributed by atoms with van der Waals surface area (Å²) in [4.78, 5) is 25.0. The summed E-state index contributed by atoms with van der Waals surface area (Å²) in [5.74, 6) is 1.05. The lowest BCUT2D eigenvalue weighted by molar-refractivity contribution is -0.116. The highest BCUT2D eigenvalue weighted by Crippen LogP contribution is 2.20. The minimum Gasteiger partial charge on any atom is -0.494 e. The van der Waals surface area contributed by atoms with Crippen LogP contribution in [0.25, 0.3) is 0 Å². The van der Waals surface area contributed by atoms with Crippen LogP contribution in [0.2, 0.25) is 0 Å². The second kappa shape index (κ2) is 12.0. The van der Waals surface area contributed by atoms with Gasteiger partial charge in [0.15, 0.2) is 5.16 Å². The van der Waals surface area contributed by atoms with Gasteiger partial charge in [-0.05, 0) is 68.3 Å². The number of thioether (sulfide) groups is 1. The predicted octanol–water partition coefficient (Wildman–Crippen LogP) is 4.39. The minimum atomic E-state index is -0.189. The second-order valence-electron chi connectivity index (χ2n) is 7.62. The molecule has 0 atom stereocenters. The molecule has 0 aliphatic carbocycles. The van der Waals surface area contributed by atoms with E-state index in [1.54, 1.807) is 22.8 Å². The monoisotopic (exact) mass is 479 g/mol. The third-order valence-corrected chi connectivity index (χ3v) is 5.96. The highest BCUT2D eigenvalue weighted by Gasteiger charge is 2.16. The normalized spacial score (nSPS) is 10.6. The number of aromatic nitrogens is 3. The van der Waals surface area contributed by atoms with E-state index in [1.807, 2.05) is 51.1 Å². The van der Waals surface area contributed by atoms with Gasteiger partial charge in [0.05, 0.1) is 18.8 Å². The number of rotatable bonds is 11. The van der Waals surface area contributed by atoms with Crippen LogP contribution >= 0.6 is 11.8 Å². The number of ether oxygens (including phenoxy) is 1. The van der Waals surface area contributed by atoms with Crippen molar-refractivity contribution in [2.24, 2.45) is 0 Å². The Balaban J connectivity index is 1.59. The molecule has 2 aromatic carbocycles. The number of benzene rings is 2. The highest BCUT2D eigenvalue weighted by molar-refractivity contribution is 7.99. The Morgan fingerprint density at radius 3 is 2.41 bits per heavy atom. The molecular weight excluding hydrogens is 450 g/mol. The van der Waals surface area contributed by atoms with Gasteiger partial charge in [0, 0.05) is 17.9 Å². The molecule has 1 heterocycles. The first kappa shape index (κ1) is 25.0. The van der Waals surface area contributed by atoms with Gasteiger partial charge in [0.1, 0.15) is 11.6 Å². The average molecular weight is 480 g/mol. The van der Waals surface area contributed by atoms with Crippen LogP contribution in [0.15, 0.2) is 60.3 Å². The van der Waals surface area contributed by atoms with E-state index in [1.165, 1.54) is 11.8 Å². The number of hydrogen-bond donors (Lipinski definition) is 2. The van der Waals surface area contributed by atoms with Gasteiger partial charge in [-0.25, -0.2) is 0 Å². The third kappa shape index (κ3) is 6.95. The molecule has 0 aliphatic heterocycles. The molecule has 9 heteroatoms. The van der Waals surface area contributed by atoms with Crippen LogP contribution in [-0.2, 0) is 22.6 Å². The zero-order valence-corrected chi connectivity index (χ0v) is 20.4. The van der Waals surface area contributed by atoms with Gasteiger partial charge >= 0.3 is 0 Å². The van der Waals surface area contributed by atoms with Crippen LogP contribution in [0, 0.1) is 13.8 Å². The van der Waals surface area contributed by atoms with E-state index in [0.717, 1.165) is 22.6 Å². The van der Waals surface area contributed by atoms with Crippen molar-refractivity contribution in [3.05, 3.63) is 72.1 Å². The molecule has 0 saturated heterocycles. The maximum Gasteiger partial charge on any atom is 0.234 e. The summed E-state index contributed by atoms with van der Waals surface area (Å²) in [5, 5.41) is 14.7. The van der Waals surface area contributed by atoms with Crippen molar-refractivity contribution in [2.45, 2.75) is 38.9 Å². The Bertz CT molecular complexity index is 1160. The van der Waals surface area contributed by atoms with Crippen molar-refractivity contribution in [3.63, 3.8) is 0 Å². The van der Waals surface area contributed by atoms with Crippen molar-refractivity contribution in [3.8, 4) is 5.75 Å². The molecule has 34 heavy (non-hydrogen) atoms. The van der Waals surface area contributed by atoms with Crippen molar-refractivity contribution in [1.82, 2.24) is 14.8 Å². The summed E-state index contributed by atoms with van der Waals surface area (Å²) in [6.07, 6.45) is 1.77. The van der Waals surface area contributed by atoms with Gasteiger partial charge in [-0.2, -0.15) is 0 Å². The quantitative estimate of drug-likeness (QED) is 0.313. The van der Waals surface area contributed by atoms with Gasteiger partial charge in [0.2, 0.25) is 11.8 Å². The molecule has 2 amide bonds. The first-order chi connectivity index (χ1) is 16.4. The predicted molar refractivity (Wildman–Crippen MR) is 135 cm³/mol. The molecule has 1 aromatic heterocycles. The van der Waals surface area contributed by atoms with Crippen LogP contribution in [0.3, 0.4) is 0 Å². The Morgan fingerprint density at radius 1 is 1.03 bits per heavy atom. The molecule has 2 N–H and O–H groups in total. The first-order valence-electron chi connectivity index (χ1n) is 10.9. The number of carbonyl (C=O) groups is 2. The zero-order chi connectivity index (χ0) is 24.5. The van der Waals surface area contributed by atoms with Crippen molar-refractivity contribution in [1.29, 1.82) is 0 Å². The Hall–Kier alpha value is -3.59. The molecule has 0 fully saturated rings. The molecule has 3 aromatic rings. The van der Waals surface area contributed by atoms with Crippen molar-refractivity contribution < 1.29 is 14.3 Å². The molecule has 8 nitrogen and oxygen atoms in total. The fraction of sp³-hybridized carbons (Fsp3) is 0.280. The van der Waals surface area contributed by atoms with Gasteiger partial charge in [0.25, 0.3) is 0 Å². The van der Waals surface area contributed by atoms with Gasteiger partial charge in [-0.1, -0.05) is 23.9 Å². The maximum absolute atomic E-state index is 12.6. The van der Waals surface area contributed by atoms with Crippen molar-refractivity contribution in [2.75, 3.05) is 23.0 Å². The summed E-state index contributed by atoms with van der Waals surface area (Å²) in [5.41, 5.74) is 3.69. The maximum atomic E-state index is 12.6. The largest absolute Gasteiger partial charge is 0.494 e. The highest BCUT2D eigenvalue weighted by atomic mass is 32.2. The number of nitrogens with one attached hydrogen (secondary N) is 2. The summed E-state index contributed by atoms with van der Waals surface area (Å²) >= 11 is 1.25. The number of amides is 2. The SMILES string of the molecule is C=CCn1c(CC(=O)Nc2ccc(C)c(C)c2)nnc1SCC(=O)Nc1ccc(OCC)cc1. The summed E-state index contributed by atoms with van der Waals surface area (Å²) < 4.78 is 7.20. The minimum absolute atomic E-state index is 0.0622. The van der Waals surface area contributed by atoms with Crippen LogP contribution in [0.4, 0.5) is 11.4 Å². The Kier molecular flexibility index (Phi) is 8.86. The van der Waals surface area contributed by atoms with E-state index < -0.39 is 0 Å². The molecular formula is C25H29N5O3S.